The maximum atomic E-state index is 12.9. The van der Waals surface area contributed by atoms with Crippen LogP contribution in [0.5, 0.6) is 0 Å². The van der Waals surface area contributed by atoms with Gasteiger partial charge in [-0.1, -0.05) is 23.2 Å². The van der Waals surface area contributed by atoms with Gasteiger partial charge in [0.2, 0.25) is 0 Å². The smallest absolute Gasteiger partial charge is 0.417 e. The van der Waals surface area contributed by atoms with Crippen LogP contribution in [0.1, 0.15) is 16.1 Å². The molecule has 1 aromatic carbocycles. The highest BCUT2D eigenvalue weighted by Crippen LogP contribution is 2.36. The van der Waals surface area contributed by atoms with Crippen LogP contribution in [0.25, 0.3) is 0 Å². The number of alkyl halides is 3. The molecule has 12 heteroatoms. The van der Waals surface area contributed by atoms with E-state index in [0.717, 1.165) is 24.4 Å². The Labute approximate surface area is 149 Å². The van der Waals surface area contributed by atoms with Crippen molar-refractivity contribution in [2.24, 2.45) is 0 Å². The topological polar surface area (TPSA) is 101 Å². The van der Waals surface area contributed by atoms with Gasteiger partial charge < -0.3 is 5.11 Å². The number of carbonyl (C=O) groups is 1. The van der Waals surface area contributed by atoms with Crippen molar-refractivity contribution in [2.75, 3.05) is 4.72 Å². The number of pyridine rings is 1. The number of carboxylic acid groups (broad SMARTS) is 1. The summed E-state index contributed by atoms with van der Waals surface area (Å²) in [5.74, 6) is -1.53. The maximum absolute atomic E-state index is 12.9. The van der Waals surface area contributed by atoms with Gasteiger partial charge in [0, 0.05) is 6.20 Å². The normalized spacial score (nSPS) is 14.0. The highest BCUT2D eigenvalue weighted by molar-refractivity contribution is 7.92. The van der Waals surface area contributed by atoms with Crippen molar-refractivity contribution in [3.8, 4) is 0 Å². The number of nitrogens with one attached hydrogen (secondary N) is 1. The molecule has 134 valence electrons. The molecule has 0 radical (unpaired) electrons. The Kier molecular flexibility index (Phi) is 5.17. The molecule has 0 bridgehead atoms. The van der Waals surface area contributed by atoms with Crippen molar-refractivity contribution in [1.82, 2.24) is 4.98 Å². The van der Waals surface area contributed by atoms with Crippen molar-refractivity contribution < 1.29 is 31.5 Å². The zero-order valence-corrected chi connectivity index (χ0v) is 14.2. The number of anilines is 1. The van der Waals surface area contributed by atoms with Gasteiger partial charge in [-0.3, -0.25) is 0 Å². The summed E-state index contributed by atoms with van der Waals surface area (Å²) in [4.78, 5) is 13.9. The van der Waals surface area contributed by atoms with Gasteiger partial charge in [-0.05, 0) is 24.3 Å². The minimum atomic E-state index is -4.84. The van der Waals surface area contributed by atoms with Crippen molar-refractivity contribution in [1.29, 1.82) is 0 Å². The van der Waals surface area contributed by atoms with Crippen molar-refractivity contribution in [3.63, 3.8) is 0 Å². The lowest BCUT2D eigenvalue weighted by atomic mass is 10.2. The Morgan fingerprint density at radius 1 is 1.28 bits per heavy atom. The molecule has 0 aliphatic carbocycles. The third kappa shape index (κ3) is 4.33. The summed E-state index contributed by atoms with van der Waals surface area (Å²) in [6, 6.07) is 3.13. The van der Waals surface area contributed by atoms with Crippen LogP contribution in [-0.4, -0.2) is 24.5 Å². The Bertz CT molecular complexity index is 949. The van der Waals surface area contributed by atoms with Crippen molar-refractivity contribution >= 4 is 44.9 Å². The third-order valence-electron chi connectivity index (χ3n) is 2.87. The first-order valence-electron chi connectivity index (χ1n) is 6.22. The monoisotopic (exact) mass is 415 g/mol. The van der Waals surface area contributed by atoms with E-state index in [1.54, 1.807) is 0 Å². The number of carboxylic acids is 1. The van der Waals surface area contributed by atoms with Crippen LogP contribution in [0.15, 0.2) is 35.4 Å². The SMILES string of the molecule is O=C(O)c1ncc(Cl)cc1NS(=O)(=[OH+])c1ccc(Cl)c(C(F)(F)F)c1. The Balaban J connectivity index is 2.51. The average molecular weight is 416 g/mol. The molecule has 0 spiro atoms. The second kappa shape index (κ2) is 6.70. The second-order valence-electron chi connectivity index (χ2n) is 4.62. The van der Waals surface area contributed by atoms with Crippen LogP contribution < -0.4 is 4.72 Å². The molecular weight excluding hydrogens is 408 g/mol. The summed E-state index contributed by atoms with van der Waals surface area (Å²) < 4.78 is 63.1. The van der Waals surface area contributed by atoms with E-state index in [4.69, 9.17) is 28.3 Å². The molecule has 6 nitrogen and oxygen atoms in total. The van der Waals surface area contributed by atoms with E-state index in [-0.39, 0.29) is 5.02 Å². The van der Waals surface area contributed by atoms with Crippen LogP contribution in [0.3, 0.4) is 0 Å². The van der Waals surface area contributed by atoms with E-state index in [2.05, 4.69) is 4.98 Å². The van der Waals surface area contributed by atoms with Gasteiger partial charge in [-0.15, -0.1) is 0 Å². The number of nitrogens with zero attached hydrogens (tertiary/aromatic N) is 1. The summed E-state index contributed by atoms with van der Waals surface area (Å²) in [6.45, 7) is 0. The Morgan fingerprint density at radius 3 is 2.48 bits per heavy atom. The van der Waals surface area contributed by atoms with Gasteiger partial charge in [-0.25, -0.2) is 18.7 Å². The maximum Gasteiger partial charge on any atom is 0.417 e. The predicted octanol–water partition coefficient (Wildman–Crippen LogP) is 4.06. The first kappa shape index (κ1) is 19.3. The molecule has 0 saturated carbocycles. The summed E-state index contributed by atoms with van der Waals surface area (Å²) in [5, 5.41) is 8.33. The van der Waals surface area contributed by atoms with E-state index in [0.29, 0.717) is 6.07 Å². The largest absolute Gasteiger partial charge is 0.476 e. The van der Waals surface area contributed by atoms with Gasteiger partial charge in [0.15, 0.2) is 5.69 Å². The van der Waals surface area contributed by atoms with Crippen molar-refractivity contribution in [2.45, 2.75) is 11.1 Å². The van der Waals surface area contributed by atoms with Crippen LogP contribution in [0.4, 0.5) is 18.9 Å². The van der Waals surface area contributed by atoms with Crippen molar-refractivity contribution in [3.05, 3.63) is 51.8 Å². The lowest BCUT2D eigenvalue weighted by molar-refractivity contribution is -0.137. The number of hydrogen-bond donors (Lipinski definition) is 2. The standard InChI is InChI=1S/C13H7Cl2F3N2O4S/c14-6-3-10(11(12(21)22)19-5-6)20-25(23,24)7-1-2-9(15)8(4-7)13(16,17)18/h1-5H,(H,21,22)(H,20,23,24)/p+1. The van der Waals surface area contributed by atoms with Crippen LogP contribution in [-0.2, 0) is 16.2 Å². The zero-order chi connectivity index (χ0) is 19.0. The lowest BCUT2D eigenvalue weighted by Gasteiger charge is -2.11. The molecular formula is C13H8Cl2F3N2O4S+. The summed E-state index contributed by atoms with van der Waals surface area (Å²) in [6.07, 6.45) is -3.84. The molecule has 1 unspecified atom stereocenters. The molecule has 0 saturated heterocycles. The molecule has 2 rings (SSSR count). The minimum absolute atomic E-state index is 0.0465. The number of benzene rings is 1. The summed E-state index contributed by atoms with van der Waals surface area (Å²) in [5.41, 5.74) is -2.37. The Morgan fingerprint density at radius 2 is 1.92 bits per heavy atom. The zero-order valence-electron chi connectivity index (χ0n) is 11.8. The average Bonchev–Trinajstić information content (AvgIpc) is 2.45. The molecule has 0 aliphatic heterocycles. The molecule has 0 fully saturated rings. The highest BCUT2D eigenvalue weighted by Gasteiger charge is 2.35. The van der Waals surface area contributed by atoms with E-state index >= 15 is 0 Å². The van der Waals surface area contributed by atoms with Gasteiger partial charge in [0.25, 0.3) is 0 Å². The van der Waals surface area contributed by atoms with Crippen LogP contribution >= 0.6 is 23.2 Å². The molecule has 1 aromatic heterocycles. The molecule has 2 aromatic rings. The fraction of sp³-hybridized carbons (Fsp3) is 0.0769. The quantitative estimate of drug-likeness (QED) is 0.734. The number of halogens is 5. The number of aromatic carboxylic acids is 1. The Hall–Kier alpha value is -2.04. The van der Waals surface area contributed by atoms with Crippen LogP contribution in [0, 0.1) is 0 Å². The van der Waals surface area contributed by atoms with E-state index in [9.17, 15) is 26.4 Å². The predicted molar refractivity (Wildman–Crippen MR) is 84.6 cm³/mol. The summed E-state index contributed by atoms with van der Waals surface area (Å²) in [7, 11) is -4.31. The fourth-order valence-corrected chi connectivity index (χ4v) is 3.27. The molecule has 25 heavy (non-hydrogen) atoms. The first-order valence-corrected chi connectivity index (χ1v) is 8.49. The van der Waals surface area contributed by atoms with E-state index < -0.39 is 49.0 Å². The van der Waals surface area contributed by atoms with Gasteiger partial charge in [-0.2, -0.15) is 17.4 Å². The lowest BCUT2D eigenvalue weighted by Crippen LogP contribution is -2.17. The number of aromatic nitrogens is 1. The number of rotatable bonds is 4. The van der Waals surface area contributed by atoms with Crippen LogP contribution in [0.2, 0.25) is 10.0 Å². The minimum Gasteiger partial charge on any atom is -0.476 e. The van der Waals surface area contributed by atoms with Gasteiger partial charge >= 0.3 is 22.2 Å². The second-order valence-corrected chi connectivity index (χ2v) is 7.19. The molecule has 1 heterocycles. The number of hydrogen-bond acceptors (Lipinski definition) is 3. The summed E-state index contributed by atoms with van der Waals surface area (Å²) >= 11 is 11.1. The third-order valence-corrected chi connectivity index (χ3v) is 4.79. The van der Waals surface area contributed by atoms with E-state index in [1.807, 2.05) is 4.72 Å². The fourth-order valence-electron chi connectivity index (χ4n) is 1.79. The molecule has 3 N–H and O–H groups in total. The van der Waals surface area contributed by atoms with E-state index in [1.165, 1.54) is 0 Å². The van der Waals surface area contributed by atoms with Gasteiger partial charge in [0.05, 0.1) is 21.3 Å². The molecule has 0 aliphatic rings. The molecule has 0 amide bonds. The molecule has 1 atom stereocenters. The van der Waals surface area contributed by atoms with Gasteiger partial charge in [0.1, 0.15) is 4.90 Å². The highest BCUT2D eigenvalue weighted by atomic mass is 35.5. The first-order chi connectivity index (χ1) is 11.4.